The molecule has 0 radical (unpaired) electrons. The number of likely N-dealkylation sites (tertiary alicyclic amines) is 1. The minimum Gasteiger partial charge on any atom is -0.330 e. The van der Waals surface area contributed by atoms with Crippen molar-refractivity contribution >= 4 is 27.3 Å². The van der Waals surface area contributed by atoms with Gasteiger partial charge in [0.05, 0.1) is 0 Å². The molecule has 1 aliphatic rings. The first kappa shape index (κ1) is 13.5. The smallest absolute Gasteiger partial charge is 0.0495 e. The Morgan fingerprint density at radius 1 is 1.59 bits per heavy atom. The van der Waals surface area contributed by atoms with Crippen LogP contribution in [0.25, 0.3) is 0 Å². The molecule has 0 spiro atoms. The molecular formula is C13H21BrN2S. The fourth-order valence-corrected chi connectivity index (χ4v) is 4.63. The van der Waals surface area contributed by atoms with E-state index in [2.05, 4.69) is 46.1 Å². The number of hydrogen-bond donors (Lipinski definition) is 1. The van der Waals surface area contributed by atoms with Crippen LogP contribution in [-0.4, -0.2) is 24.0 Å². The fraction of sp³-hybridized carbons (Fsp3) is 0.692. The zero-order valence-electron chi connectivity index (χ0n) is 10.5. The van der Waals surface area contributed by atoms with Crippen LogP contribution in [0.15, 0.2) is 15.9 Å². The van der Waals surface area contributed by atoms with Gasteiger partial charge in [0.1, 0.15) is 0 Å². The van der Waals surface area contributed by atoms with Crippen LogP contribution >= 0.6 is 27.3 Å². The van der Waals surface area contributed by atoms with Gasteiger partial charge < -0.3 is 5.73 Å². The highest BCUT2D eigenvalue weighted by atomic mass is 79.9. The van der Waals surface area contributed by atoms with Crippen molar-refractivity contribution in [2.24, 2.45) is 11.7 Å². The molecule has 1 fully saturated rings. The summed E-state index contributed by atoms with van der Waals surface area (Å²) in [4.78, 5) is 4.06. The SMILES string of the molecule is CC(C)N1CCCC(CN)C1c1sccc1Br. The molecule has 2 N–H and O–H groups in total. The number of nitrogens with zero attached hydrogens (tertiary/aromatic N) is 1. The van der Waals surface area contributed by atoms with Gasteiger partial charge in [0.15, 0.2) is 0 Å². The molecule has 2 nitrogen and oxygen atoms in total. The third-order valence-corrected chi connectivity index (χ3v) is 5.62. The van der Waals surface area contributed by atoms with E-state index in [0.717, 1.165) is 6.54 Å². The summed E-state index contributed by atoms with van der Waals surface area (Å²) in [7, 11) is 0. The fourth-order valence-electron chi connectivity index (χ4n) is 2.81. The largest absolute Gasteiger partial charge is 0.330 e. The van der Waals surface area contributed by atoms with Gasteiger partial charge in [-0.05, 0) is 73.1 Å². The number of thiophene rings is 1. The van der Waals surface area contributed by atoms with Crippen LogP contribution in [-0.2, 0) is 0 Å². The molecule has 0 bridgehead atoms. The van der Waals surface area contributed by atoms with Crippen molar-refractivity contribution in [3.8, 4) is 0 Å². The lowest BCUT2D eigenvalue weighted by molar-refractivity contribution is 0.0684. The molecule has 1 saturated heterocycles. The summed E-state index contributed by atoms with van der Waals surface area (Å²) in [5.41, 5.74) is 5.97. The van der Waals surface area contributed by atoms with Crippen LogP contribution in [0.1, 0.15) is 37.6 Å². The molecule has 96 valence electrons. The number of hydrogen-bond acceptors (Lipinski definition) is 3. The highest BCUT2D eigenvalue weighted by Gasteiger charge is 2.34. The molecule has 1 aliphatic heterocycles. The Hall–Kier alpha value is 0.100. The van der Waals surface area contributed by atoms with Crippen molar-refractivity contribution in [1.82, 2.24) is 4.90 Å². The Bertz CT molecular complexity index is 364. The van der Waals surface area contributed by atoms with Crippen molar-refractivity contribution in [2.45, 2.75) is 38.8 Å². The van der Waals surface area contributed by atoms with Crippen molar-refractivity contribution in [3.63, 3.8) is 0 Å². The molecule has 0 saturated carbocycles. The highest BCUT2D eigenvalue weighted by molar-refractivity contribution is 9.10. The van der Waals surface area contributed by atoms with Crippen molar-refractivity contribution < 1.29 is 0 Å². The highest BCUT2D eigenvalue weighted by Crippen LogP contribution is 2.42. The van der Waals surface area contributed by atoms with E-state index in [0.29, 0.717) is 18.0 Å². The van der Waals surface area contributed by atoms with Crippen LogP contribution in [0.4, 0.5) is 0 Å². The number of nitrogens with two attached hydrogens (primary N) is 1. The molecule has 0 aromatic carbocycles. The molecule has 17 heavy (non-hydrogen) atoms. The Balaban J connectivity index is 2.32. The average molecular weight is 317 g/mol. The lowest BCUT2D eigenvalue weighted by Crippen LogP contribution is -2.44. The summed E-state index contributed by atoms with van der Waals surface area (Å²) >= 11 is 5.53. The Morgan fingerprint density at radius 2 is 2.35 bits per heavy atom. The summed E-state index contributed by atoms with van der Waals surface area (Å²) in [6.07, 6.45) is 2.54. The standard InChI is InChI=1S/C13H21BrN2S/c1-9(2)16-6-3-4-10(8-15)12(16)13-11(14)5-7-17-13/h5,7,9-10,12H,3-4,6,8,15H2,1-2H3. The molecule has 2 rings (SSSR count). The maximum Gasteiger partial charge on any atom is 0.0495 e. The molecule has 2 atom stereocenters. The molecule has 2 unspecified atom stereocenters. The van der Waals surface area contributed by atoms with Crippen molar-refractivity contribution in [3.05, 3.63) is 20.8 Å². The molecule has 0 amide bonds. The van der Waals surface area contributed by atoms with E-state index in [-0.39, 0.29) is 0 Å². The van der Waals surface area contributed by atoms with E-state index in [1.54, 1.807) is 0 Å². The van der Waals surface area contributed by atoms with Gasteiger partial charge in [0.25, 0.3) is 0 Å². The van der Waals surface area contributed by atoms with E-state index in [1.165, 1.54) is 28.7 Å². The summed E-state index contributed by atoms with van der Waals surface area (Å²) in [5.74, 6) is 0.598. The van der Waals surface area contributed by atoms with E-state index in [9.17, 15) is 0 Å². The number of halogens is 1. The minimum absolute atomic E-state index is 0.503. The second-order valence-corrected chi connectivity index (χ2v) is 6.85. The van der Waals surface area contributed by atoms with Gasteiger partial charge in [0.2, 0.25) is 0 Å². The van der Waals surface area contributed by atoms with E-state index in [4.69, 9.17) is 5.73 Å². The zero-order chi connectivity index (χ0) is 12.4. The van der Waals surface area contributed by atoms with Gasteiger partial charge in [-0.3, -0.25) is 4.90 Å². The quantitative estimate of drug-likeness (QED) is 0.922. The Morgan fingerprint density at radius 3 is 2.88 bits per heavy atom. The van der Waals surface area contributed by atoms with Crippen LogP contribution in [0.2, 0.25) is 0 Å². The van der Waals surface area contributed by atoms with E-state index < -0.39 is 0 Å². The lowest BCUT2D eigenvalue weighted by Gasteiger charge is -2.43. The topological polar surface area (TPSA) is 29.3 Å². The normalized spacial score (nSPS) is 26.6. The van der Waals surface area contributed by atoms with Crippen molar-refractivity contribution in [1.29, 1.82) is 0 Å². The third kappa shape index (κ3) is 2.75. The first-order chi connectivity index (χ1) is 8.15. The minimum atomic E-state index is 0.503. The van der Waals surface area contributed by atoms with Gasteiger partial charge in [0, 0.05) is 21.4 Å². The average Bonchev–Trinajstić information content (AvgIpc) is 2.74. The van der Waals surface area contributed by atoms with E-state index >= 15 is 0 Å². The van der Waals surface area contributed by atoms with Gasteiger partial charge in [-0.1, -0.05) is 0 Å². The second kappa shape index (κ2) is 5.83. The van der Waals surface area contributed by atoms with Crippen LogP contribution in [0.3, 0.4) is 0 Å². The maximum absolute atomic E-state index is 5.97. The zero-order valence-corrected chi connectivity index (χ0v) is 12.9. The second-order valence-electron chi connectivity index (χ2n) is 5.05. The summed E-state index contributed by atoms with van der Waals surface area (Å²) in [5, 5.41) is 2.17. The maximum atomic E-state index is 5.97. The number of rotatable bonds is 3. The third-order valence-electron chi connectivity index (χ3n) is 3.67. The van der Waals surface area contributed by atoms with Crippen LogP contribution < -0.4 is 5.73 Å². The van der Waals surface area contributed by atoms with Crippen LogP contribution in [0, 0.1) is 5.92 Å². The van der Waals surface area contributed by atoms with Gasteiger partial charge in [-0.2, -0.15) is 0 Å². The first-order valence-electron chi connectivity index (χ1n) is 6.33. The van der Waals surface area contributed by atoms with Gasteiger partial charge in [-0.15, -0.1) is 11.3 Å². The first-order valence-corrected chi connectivity index (χ1v) is 8.01. The Kier molecular flexibility index (Phi) is 4.64. The van der Waals surface area contributed by atoms with Crippen molar-refractivity contribution in [2.75, 3.05) is 13.1 Å². The summed E-state index contributed by atoms with van der Waals surface area (Å²) in [6.45, 7) is 6.56. The molecule has 0 aliphatic carbocycles. The predicted molar refractivity (Wildman–Crippen MR) is 78.4 cm³/mol. The molecular weight excluding hydrogens is 296 g/mol. The summed E-state index contributed by atoms with van der Waals surface area (Å²) < 4.78 is 1.25. The molecule has 4 heteroatoms. The molecule has 1 aromatic rings. The van der Waals surface area contributed by atoms with E-state index in [1.807, 2.05) is 11.3 Å². The number of piperidine rings is 1. The van der Waals surface area contributed by atoms with Crippen LogP contribution in [0.5, 0.6) is 0 Å². The van der Waals surface area contributed by atoms with Gasteiger partial charge in [-0.25, -0.2) is 0 Å². The summed E-state index contributed by atoms with van der Waals surface area (Å²) in [6, 6.07) is 3.24. The molecule has 2 heterocycles. The van der Waals surface area contributed by atoms with Gasteiger partial charge >= 0.3 is 0 Å². The Labute approximate surface area is 116 Å². The lowest BCUT2D eigenvalue weighted by atomic mass is 9.87. The predicted octanol–water partition coefficient (Wildman–Crippen LogP) is 3.63. The molecule has 1 aromatic heterocycles. The monoisotopic (exact) mass is 316 g/mol.